The van der Waals surface area contributed by atoms with Gasteiger partial charge in [0.05, 0.1) is 6.61 Å². The molecule has 4 heteroatoms. The fraction of sp³-hybridized carbons (Fsp3) is 0.200. The molecule has 1 N–H and O–H groups in total. The Bertz CT molecular complexity index is 462. The first-order chi connectivity index (χ1) is 6.70. The topological polar surface area (TPSA) is 29.5 Å². The number of aromatic hydroxyl groups is 1. The van der Waals surface area contributed by atoms with Crippen LogP contribution in [0, 0.1) is 0 Å². The highest BCUT2D eigenvalue weighted by Gasteiger charge is 2.07. The number of hydrogen-bond acceptors (Lipinski definition) is 4. The maximum atomic E-state index is 9.64. The van der Waals surface area contributed by atoms with Crippen molar-refractivity contribution in [2.24, 2.45) is 0 Å². The Balaban J connectivity index is 2.58. The maximum absolute atomic E-state index is 9.64. The van der Waals surface area contributed by atoms with Gasteiger partial charge in [0, 0.05) is 21.0 Å². The van der Waals surface area contributed by atoms with Crippen molar-refractivity contribution >= 4 is 34.1 Å². The van der Waals surface area contributed by atoms with Crippen LogP contribution >= 0.6 is 24.0 Å². The van der Waals surface area contributed by atoms with E-state index in [9.17, 15) is 5.11 Å². The van der Waals surface area contributed by atoms with E-state index in [0.717, 1.165) is 20.0 Å². The summed E-state index contributed by atoms with van der Waals surface area (Å²) in [4.78, 5) is 0.764. The second-order valence-corrected chi connectivity index (χ2v) is 4.44. The molecule has 2 aromatic rings. The van der Waals surface area contributed by atoms with Gasteiger partial charge in [0.2, 0.25) is 0 Å². The highest BCUT2D eigenvalue weighted by Crippen LogP contribution is 2.38. The Hall–Kier alpha value is -0.870. The van der Waals surface area contributed by atoms with Crippen molar-refractivity contribution in [3.8, 4) is 10.8 Å². The number of phenols is 1. The first-order valence-electron chi connectivity index (χ1n) is 4.29. The predicted molar refractivity (Wildman–Crippen MR) is 61.9 cm³/mol. The van der Waals surface area contributed by atoms with Gasteiger partial charge in [-0.2, -0.15) is 0 Å². The molecule has 0 saturated heterocycles. The lowest BCUT2D eigenvalue weighted by Gasteiger charge is -1.95. The molecule has 1 aromatic carbocycles. The Morgan fingerprint density at radius 3 is 2.93 bits per heavy atom. The van der Waals surface area contributed by atoms with Gasteiger partial charge in [-0.3, -0.25) is 0 Å². The van der Waals surface area contributed by atoms with Crippen molar-refractivity contribution in [3.05, 3.63) is 18.2 Å². The van der Waals surface area contributed by atoms with Crippen LogP contribution in [0.4, 0.5) is 0 Å². The number of rotatable bonds is 2. The summed E-state index contributed by atoms with van der Waals surface area (Å²) < 4.78 is 6.37. The quantitative estimate of drug-likeness (QED) is 0.769. The second-order valence-electron chi connectivity index (χ2n) is 2.88. The molecule has 74 valence electrons. The summed E-state index contributed by atoms with van der Waals surface area (Å²) in [6.45, 7) is 2.58. The van der Waals surface area contributed by atoms with E-state index in [1.54, 1.807) is 6.07 Å². The van der Waals surface area contributed by atoms with Crippen molar-refractivity contribution in [3.63, 3.8) is 0 Å². The van der Waals surface area contributed by atoms with Crippen LogP contribution in [0.1, 0.15) is 6.92 Å². The minimum atomic E-state index is 0.259. The summed E-state index contributed by atoms with van der Waals surface area (Å²) in [5.41, 5.74) is 0. The molecule has 1 heterocycles. The van der Waals surface area contributed by atoms with Crippen molar-refractivity contribution in [1.82, 2.24) is 0 Å². The van der Waals surface area contributed by atoms with Gasteiger partial charge in [0.1, 0.15) is 5.75 Å². The van der Waals surface area contributed by atoms with E-state index >= 15 is 0 Å². The van der Waals surface area contributed by atoms with Crippen molar-refractivity contribution < 1.29 is 9.84 Å². The number of hydrogen-bond donors (Lipinski definition) is 2. The van der Waals surface area contributed by atoms with E-state index in [4.69, 9.17) is 4.74 Å². The van der Waals surface area contributed by atoms with Crippen LogP contribution in [-0.2, 0) is 0 Å². The van der Waals surface area contributed by atoms with Crippen LogP contribution in [0.3, 0.4) is 0 Å². The summed E-state index contributed by atoms with van der Waals surface area (Å²) >= 11 is 5.72. The van der Waals surface area contributed by atoms with E-state index in [0.29, 0.717) is 6.61 Å². The van der Waals surface area contributed by atoms with Gasteiger partial charge < -0.3 is 9.84 Å². The summed E-state index contributed by atoms with van der Waals surface area (Å²) in [6.07, 6.45) is 0. The molecule has 2 nitrogen and oxygen atoms in total. The molecule has 0 aliphatic rings. The maximum Gasteiger partial charge on any atom is 0.175 e. The minimum absolute atomic E-state index is 0.259. The molecule has 0 fully saturated rings. The largest absolute Gasteiger partial charge is 0.507 e. The summed E-state index contributed by atoms with van der Waals surface area (Å²) in [7, 11) is 0. The average Bonchev–Trinajstić information content (AvgIpc) is 2.48. The third-order valence-corrected chi connectivity index (χ3v) is 3.12. The van der Waals surface area contributed by atoms with Gasteiger partial charge in [-0.25, -0.2) is 0 Å². The predicted octanol–water partition coefficient (Wildman–Crippen LogP) is 3.29. The van der Waals surface area contributed by atoms with Crippen LogP contribution in [0.25, 0.3) is 10.1 Å². The molecule has 1 aromatic heterocycles. The zero-order valence-electron chi connectivity index (χ0n) is 7.65. The fourth-order valence-electron chi connectivity index (χ4n) is 1.30. The molecule has 0 bridgehead atoms. The number of benzene rings is 1. The van der Waals surface area contributed by atoms with Crippen molar-refractivity contribution in [1.29, 1.82) is 0 Å². The molecule has 0 aliphatic heterocycles. The van der Waals surface area contributed by atoms with Crippen LogP contribution in [0.15, 0.2) is 23.1 Å². The second kappa shape index (κ2) is 3.71. The molecule has 0 unspecified atom stereocenters. The van der Waals surface area contributed by atoms with E-state index < -0.39 is 0 Å². The molecule has 2 rings (SSSR count). The summed E-state index contributed by atoms with van der Waals surface area (Å²) in [6, 6.07) is 5.41. The normalized spacial score (nSPS) is 10.7. The average molecular weight is 226 g/mol. The number of phenolic OH excluding ortho intramolecular Hbond substituents is 1. The third-order valence-electron chi connectivity index (χ3n) is 1.86. The molecule has 0 amide bonds. The standard InChI is InChI=1S/C10H10O2S2/c1-2-12-10-5-7-8(11)3-6(13)4-9(7)14-10/h3-5,11,13H,2H2,1H3. The smallest absolute Gasteiger partial charge is 0.175 e. The molecule has 14 heavy (non-hydrogen) atoms. The summed E-state index contributed by atoms with van der Waals surface area (Å²) in [5, 5.41) is 11.3. The van der Waals surface area contributed by atoms with E-state index in [2.05, 4.69) is 12.6 Å². The van der Waals surface area contributed by atoms with Crippen LogP contribution in [0.5, 0.6) is 10.8 Å². The van der Waals surface area contributed by atoms with Gasteiger partial charge in [0.25, 0.3) is 0 Å². The van der Waals surface area contributed by atoms with Crippen molar-refractivity contribution in [2.75, 3.05) is 6.61 Å². The number of fused-ring (bicyclic) bond motifs is 1. The van der Waals surface area contributed by atoms with Gasteiger partial charge in [-0.1, -0.05) is 11.3 Å². The van der Waals surface area contributed by atoms with Gasteiger partial charge >= 0.3 is 0 Å². The van der Waals surface area contributed by atoms with Crippen LogP contribution < -0.4 is 4.74 Å². The number of thiophene rings is 1. The highest BCUT2D eigenvalue weighted by molar-refractivity contribution is 7.80. The Kier molecular flexibility index (Phi) is 2.56. The molecule has 0 atom stereocenters. The Morgan fingerprint density at radius 1 is 1.43 bits per heavy atom. The first-order valence-corrected chi connectivity index (χ1v) is 5.55. The van der Waals surface area contributed by atoms with Gasteiger partial charge in [0.15, 0.2) is 5.06 Å². The SMILES string of the molecule is CCOc1cc2c(O)cc(S)cc2s1. The zero-order chi connectivity index (χ0) is 10.1. The van der Waals surface area contributed by atoms with Gasteiger partial charge in [-0.15, -0.1) is 12.6 Å². The van der Waals surface area contributed by atoms with E-state index in [1.165, 1.54) is 11.3 Å². The van der Waals surface area contributed by atoms with Crippen molar-refractivity contribution in [2.45, 2.75) is 11.8 Å². The van der Waals surface area contributed by atoms with Crippen LogP contribution in [-0.4, -0.2) is 11.7 Å². The minimum Gasteiger partial charge on any atom is -0.507 e. The Morgan fingerprint density at radius 2 is 2.21 bits per heavy atom. The van der Waals surface area contributed by atoms with E-state index in [1.807, 2.05) is 19.1 Å². The molecule has 0 spiro atoms. The van der Waals surface area contributed by atoms with E-state index in [-0.39, 0.29) is 5.75 Å². The lowest BCUT2D eigenvalue weighted by Crippen LogP contribution is -1.86. The molecular weight excluding hydrogens is 216 g/mol. The molecule has 0 radical (unpaired) electrons. The zero-order valence-corrected chi connectivity index (χ0v) is 9.36. The third kappa shape index (κ3) is 1.67. The van der Waals surface area contributed by atoms with Crippen LogP contribution in [0.2, 0.25) is 0 Å². The Labute approximate surface area is 91.5 Å². The molecular formula is C10H10O2S2. The van der Waals surface area contributed by atoms with Gasteiger partial charge in [-0.05, 0) is 19.1 Å². The number of thiol groups is 1. The molecule has 0 aliphatic carbocycles. The fourth-order valence-corrected chi connectivity index (χ4v) is 2.66. The molecule has 0 saturated carbocycles. The first kappa shape index (κ1) is 9.68. The lowest BCUT2D eigenvalue weighted by molar-refractivity contribution is 0.350. The monoisotopic (exact) mass is 226 g/mol. The summed E-state index contributed by atoms with van der Waals surface area (Å²) in [5.74, 6) is 0.259. The number of ether oxygens (including phenoxy) is 1. The highest BCUT2D eigenvalue weighted by atomic mass is 32.1. The lowest BCUT2D eigenvalue weighted by atomic mass is 10.2.